The number of allylic oxidation sites excluding steroid dienone is 1. The molecule has 0 aromatic rings. The van der Waals surface area contributed by atoms with E-state index in [2.05, 4.69) is 13.8 Å². The fourth-order valence-corrected chi connectivity index (χ4v) is 7.43. The molecule has 6 atom stereocenters. The molecule has 4 rings (SSSR count). The molecule has 4 aliphatic carbocycles. The van der Waals surface area contributed by atoms with Gasteiger partial charge in [-0.2, -0.15) is 0 Å². The van der Waals surface area contributed by atoms with Crippen molar-refractivity contribution in [3.8, 4) is 0 Å². The van der Waals surface area contributed by atoms with E-state index in [1.807, 2.05) is 6.08 Å². The van der Waals surface area contributed by atoms with Gasteiger partial charge in [-0.3, -0.25) is 9.59 Å². The second-order valence-corrected chi connectivity index (χ2v) is 9.73. The van der Waals surface area contributed by atoms with E-state index in [0.29, 0.717) is 18.3 Å². The van der Waals surface area contributed by atoms with Crippen molar-refractivity contribution < 1.29 is 14.7 Å². The van der Waals surface area contributed by atoms with Crippen LogP contribution in [0, 0.1) is 28.6 Å². The van der Waals surface area contributed by atoms with Crippen LogP contribution in [0.15, 0.2) is 11.6 Å². The Kier molecular flexibility index (Phi) is 3.53. The lowest BCUT2D eigenvalue weighted by Gasteiger charge is -2.62. The third-order valence-corrected chi connectivity index (χ3v) is 9.25. The topological polar surface area (TPSA) is 54.4 Å². The molecule has 0 bridgehead atoms. The number of carbonyl (C=O) groups excluding carboxylic acids is 1. The van der Waals surface area contributed by atoms with Crippen LogP contribution in [-0.2, 0) is 9.59 Å². The number of fused-ring (bicyclic) bond motifs is 5. The Hall–Kier alpha value is -0.830. The van der Waals surface area contributed by atoms with Crippen LogP contribution in [0.1, 0.15) is 65.2 Å². The molecule has 0 saturated heterocycles. The van der Waals surface area contributed by atoms with Crippen LogP contribution in [0.4, 0.5) is 0 Å². The highest BCUT2D eigenvalue weighted by Gasteiger charge is 2.66. The predicted octanol–water partition coefficient (Wildman–Crippen LogP) is 4.58. The molecule has 3 fully saturated rings. The lowest BCUT2D eigenvalue weighted by atomic mass is 9.46. The Morgan fingerprint density at radius 3 is 2.58 bits per heavy atom. The maximum Gasteiger partial charge on any atom is 0.307 e. The number of alkyl halides is 1. The third kappa shape index (κ3) is 1.91. The fourth-order valence-electron chi connectivity index (χ4n) is 6.85. The Morgan fingerprint density at radius 1 is 1.12 bits per heavy atom. The number of carboxylic acid groups (broad SMARTS) is 1. The first-order valence-corrected chi connectivity index (χ1v) is 9.76. The van der Waals surface area contributed by atoms with E-state index in [4.69, 9.17) is 11.6 Å². The summed E-state index contributed by atoms with van der Waals surface area (Å²) < 4.78 is 0. The van der Waals surface area contributed by atoms with Crippen molar-refractivity contribution in [2.24, 2.45) is 28.6 Å². The van der Waals surface area contributed by atoms with Gasteiger partial charge in [0, 0.05) is 11.8 Å². The number of carbonyl (C=O) groups is 2. The van der Waals surface area contributed by atoms with E-state index < -0.39 is 5.97 Å². The minimum absolute atomic E-state index is 0.103. The van der Waals surface area contributed by atoms with Crippen LogP contribution >= 0.6 is 11.6 Å². The molecule has 0 unspecified atom stereocenters. The third-order valence-electron chi connectivity index (χ3n) is 8.37. The minimum atomic E-state index is -0.632. The van der Waals surface area contributed by atoms with Gasteiger partial charge in [0.25, 0.3) is 0 Å². The quantitative estimate of drug-likeness (QED) is 0.704. The number of hydrogen-bond donors (Lipinski definition) is 1. The molecule has 4 aliphatic rings. The number of rotatable bonds is 1. The SMILES string of the molecule is C[C@]12CC[C@@]3(Cl)[C@@H](CCC4=CC(=O)CC[C@@]43C)[C@@H]1CC[C@@H]2C(=O)O. The summed E-state index contributed by atoms with van der Waals surface area (Å²) >= 11 is 7.40. The highest BCUT2D eigenvalue weighted by Crippen LogP contribution is 2.70. The van der Waals surface area contributed by atoms with Gasteiger partial charge in [0.2, 0.25) is 0 Å². The highest BCUT2D eigenvalue weighted by molar-refractivity contribution is 6.25. The summed E-state index contributed by atoms with van der Waals surface area (Å²) in [4.78, 5) is 23.3. The first-order valence-electron chi connectivity index (χ1n) is 9.38. The van der Waals surface area contributed by atoms with Crippen molar-refractivity contribution in [1.82, 2.24) is 0 Å². The van der Waals surface area contributed by atoms with Gasteiger partial charge in [0.1, 0.15) is 0 Å². The van der Waals surface area contributed by atoms with Crippen LogP contribution in [0.5, 0.6) is 0 Å². The summed E-state index contributed by atoms with van der Waals surface area (Å²) in [6.45, 7) is 4.45. The average molecular weight is 351 g/mol. The van der Waals surface area contributed by atoms with Crippen molar-refractivity contribution in [3.63, 3.8) is 0 Å². The van der Waals surface area contributed by atoms with E-state index >= 15 is 0 Å². The molecule has 0 heterocycles. The van der Waals surface area contributed by atoms with Gasteiger partial charge in [-0.25, -0.2) is 0 Å². The monoisotopic (exact) mass is 350 g/mol. The van der Waals surface area contributed by atoms with Gasteiger partial charge in [-0.15, -0.1) is 11.6 Å². The first-order chi connectivity index (χ1) is 11.2. The zero-order valence-electron chi connectivity index (χ0n) is 14.6. The van der Waals surface area contributed by atoms with Gasteiger partial charge in [0.05, 0.1) is 10.8 Å². The average Bonchev–Trinajstić information content (AvgIpc) is 2.87. The van der Waals surface area contributed by atoms with E-state index in [1.165, 1.54) is 5.57 Å². The van der Waals surface area contributed by atoms with Crippen LogP contribution in [0.3, 0.4) is 0 Å². The van der Waals surface area contributed by atoms with Crippen LogP contribution < -0.4 is 0 Å². The number of carboxylic acids is 1. The van der Waals surface area contributed by atoms with Crippen molar-refractivity contribution in [1.29, 1.82) is 0 Å². The van der Waals surface area contributed by atoms with E-state index in [-0.39, 0.29) is 27.4 Å². The molecule has 24 heavy (non-hydrogen) atoms. The molecule has 3 nitrogen and oxygen atoms in total. The number of halogens is 1. The standard InChI is InChI=1S/C20H27ClO3/c1-18-9-10-20(21)15(14(18)5-6-16(18)17(23)24)4-3-12-11-13(22)7-8-19(12,20)2/h11,14-16H,3-10H2,1-2H3,(H,23,24)/t14-,15-,16+,18-,19-,20+/m0/s1. The molecule has 0 aliphatic heterocycles. The second-order valence-electron chi connectivity index (χ2n) is 9.06. The molecule has 4 heteroatoms. The molecular weight excluding hydrogens is 324 g/mol. The van der Waals surface area contributed by atoms with Crippen molar-refractivity contribution in [2.45, 2.75) is 70.1 Å². The van der Waals surface area contributed by atoms with Crippen molar-refractivity contribution >= 4 is 23.4 Å². The summed E-state index contributed by atoms with van der Waals surface area (Å²) in [6, 6.07) is 0. The minimum Gasteiger partial charge on any atom is -0.481 e. The lowest BCUT2D eigenvalue weighted by molar-refractivity contribution is -0.148. The smallest absolute Gasteiger partial charge is 0.307 e. The van der Waals surface area contributed by atoms with Crippen LogP contribution in [0.25, 0.3) is 0 Å². The fraction of sp³-hybridized carbons (Fsp3) is 0.800. The summed E-state index contributed by atoms with van der Waals surface area (Å²) in [5.74, 6) is 0.168. The molecule has 1 N–H and O–H groups in total. The van der Waals surface area contributed by atoms with Gasteiger partial charge in [-0.05, 0) is 68.3 Å². The molecule has 0 aromatic heterocycles. The largest absolute Gasteiger partial charge is 0.481 e. The van der Waals surface area contributed by atoms with Gasteiger partial charge >= 0.3 is 5.97 Å². The molecule has 0 aromatic carbocycles. The Balaban J connectivity index is 1.74. The Morgan fingerprint density at radius 2 is 1.88 bits per heavy atom. The zero-order valence-corrected chi connectivity index (χ0v) is 15.4. The Bertz CT molecular complexity index is 641. The Labute approximate surface area is 148 Å². The summed E-state index contributed by atoms with van der Waals surface area (Å²) in [5.41, 5.74) is 1.03. The summed E-state index contributed by atoms with van der Waals surface area (Å²) in [5, 5.41) is 9.67. The highest BCUT2D eigenvalue weighted by atomic mass is 35.5. The first kappa shape index (κ1) is 16.6. The number of ketones is 1. The molecule has 3 saturated carbocycles. The molecular formula is C20H27ClO3. The maximum absolute atomic E-state index is 11.9. The molecule has 132 valence electrons. The van der Waals surface area contributed by atoms with Gasteiger partial charge < -0.3 is 5.11 Å². The second kappa shape index (κ2) is 5.09. The van der Waals surface area contributed by atoms with E-state index in [1.54, 1.807) is 0 Å². The van der Waals surface area contributed by atoms with Crippen LogP contribution in [-0.4, -0.2) is 21.7 Å². The van der Waals surface area contributed by atoms with E-state index in [0.717, 1.165) is 44.9 Å². The van der Waals surface area contributed by atoms with Gasteiger partial charge in [0.15, 0.2) is 5.78 Å². The lowest BCUT2D eigenvalue weighted by Crippen LogP contribution is -2.60. The predicted molar refractivity (Wildman–Crippen MR) is 92.9 cm³/mol. The van der Waals surface area contributed by atoms with E-state index in [9.17, 15) is 14.7 Å². The molecule has 0 spiro atoms. The number of hydrogen-bond acceptors (Lipinski definition) is 2. The number of aliphatic carboxylic acids is 1. The summed E-state index contributed by atoms with van der Waals surface area (Å²) in [6.07, 6.45) is 8.81. The maximum atomic E-state index is 11.9. The molecule has 0 amide bonds. The molecule has 0 radical (unpaired) electrons. The van der Waals surface area contributed by atoms with Gasteiger partial charge in [-0.1, -0.05) is 19.4 Å². The van der Waals surface area contributed by atoms with Crippen molar-refractivity contribution in [3.05, 3.63) is 11.6 Å². The normalized spacial score (nSPS) is 50.5. The zero-order chi connectivity index (χ0) is 17.3. The van der Waals surface area contributed by atoms with Crippen LogP contribution in [0.2, 0.25) is 0 Å². The van der Waals surface area contributed by atoms with Crippen molar-refractivity contribution in [2.75, 3.05) is 0 Å². The summed E-state index contributed by atoms with van der Waals surface area (Å²) in [7, 11) is 0.